The standard InChI is InChI=1S/C14H12BrClFNO/c15-12-3-2-11(8-13(12)17)19-14-4-1-10(16)7-9(14)5-6-18/h1-4,7-8H,5-6,18H2. The van der Waals surface area contributed by atoms with Crippen molar-refractivity contribution < 1.29 is 9.13 Å². The molecule has 0 radical (unpaired) electrons. The Kier molecular flexibility index (Phi) is 4.80. The molecule has 0 spiro atoms. The molecule has 0 aliphatic heterocycles. The van der Waals surface area contributed by atoms with E-state index >= 15 is 0 Å². The van der Waals surface area contributed by atoms with Gasteiger partial charge >= 0.3 is 0 Å². The summed E-state index contributed by atoms with van der Waals surface area (Å²) in [7, 11) is 0. The summed E-state index contributed by atoms with van der Waals surface area (Å²) in [5.41, 5.74) is 6.45. The Labute approximate surface area is 124 Å². The lowest BCUT2D eigenvalue weighted by atomic mass is 10.1. The van der Waals surface area contributed by atoms with Gasteiger partial charge in [0, 0.05) is 11.1 Å². The van der Waals surface area contributed by atoms with Crippen LogP contribution in [0.25, 0.3) is 0 Å². The molecule has 5 heteroatoms. The Bertz CT molecular complexity index is 592. The average Bonchev–Trinajstić information content (AvgIpc) is 2.37. The van der Waals surface area contributed by atoms with Crippen molar-refractivity contribution >= 4 is 27.5 Å². The molecule has 0 atom stereocenters. The third-order valence-corrected chi connectivity index (χ3v) is 3.43. The van der Waals surface area contributed by atoms with Crippen LogP contribution in [-0.2, 0) is 6.42 Å². The van der Waals surface area contributed by atoms with Crippen LogP contribution in [0.15, 0.2) is 40.9 Å². The summed E-state index contributed by atoms with van der Waals surface area (Å²) in [6.07, 6.45) is 0.648. The van der Waals surface area contributed by atoms with E-state index in [4.69, 9.17) is 22.1 Å². The molecule has 0 aliphatic carbocycles. The maximum absolute atomic E-state index is 13.4. The first kappa shape index (κ1) is 14.3. The minimum atomic E-state index is -0.369. The van der Waals surface area contributed by atoms with E-state index in [-0.39, 0.29) is 5.82 Å². The van der Waals surface area contributed by atoms with E-state index in [0.717, 1.165) is 5.56 Å². The van der Waals surface area contributed by atoms with E-state index < -0.39 is 0 Å². The monoisotopic (exact) mass is 343 g/mol. The summed E-state index contributed by atoms with van der Waals surface area (Å²) >= 11 is 9.04. The van der Waals surface area contributed by atoms with Crippen molar-refractivity contribution in [3.8, 4) is 11.5 Å². The van der Waals surface area contributed by atoms with E-state index in [0.29, 0.717) is 34.0 Å². The first-order chi connectivity index (χ1) is 9.10. The quantitative estimate of drug-likeness (QED) is 0.884. The molecule has 19 heavy (non-hydrogen) atoms. The van der Waals surface area contributed by atoms with Crippen LogP contribution in [0.1, 0.15) is 5.56 Å². The molecular formula is C14H12BrClFNO. The maximum Gasteiger partial charge on any atom is 0.141 e. The van der Waals surface area contributed by atoms with Gasteiger partial charge in [-0.05, 0) is 64.8 Å². The van der Waals surface area contributed by atoms with Crippen molar-refractivity contribution in [3.63, 3.8) is 0 Å². The van der Waals surface area contributed by atoms with Gasteiger partial charge in [-0.3, -0.25) is 0 Å². The van der Waals surface area contributed by atoms with E-state index in [1.165, 1.54) is 6.07 Å². The van der Waals surface area contributed by atoms with E-state index in [9.17, 15) is 4.39 Å². The zero-order valence-electron chi connectivity index (χ0n) is 10.00. The van der Waals surface area contributed by atoms with Crippen molar-refractivity contribution in [1.82, 2.24) is 0 Å². The van der Waals surface area contributed by atoms with Crippen molar-refractivity contribution in [1.29, 1.82) is 0 Å². The third kappa shape index (κ3) is 3.69. The second-order valence-electron chi connectivity index (χ2n) is 3.97. The van der Waals surface area contributed by atoms with Gasteiger partial charge in [-0.15, -0.1) is 0 Å². The number of ether oxygens (including phenoxy) is 1. The molecule has 0 saturated carbocycles. The molecule has 100 valence electrons. The molecule has 2 nitrogen and oxygen atoms in total. The predicted molar refractivity (Wildman–Crippen MR) is 78.4 cm³/mol. The lowest BCUT2D eigenvalue weighted by Crippen LogP contribution is -2.04. The van der Waals surface area contributed by atoms with Gasteiger partial charge in [-0.2, -0.15) is 0 Å². The Morgan fingerprint density at radius 1 is 1.21 bits per heavy atom. The molecule has 0 bridgehead atoms. The Hall–Kier alpha value is -1.10. The summed E-state index contributed by atoms with van der Waals surface area (Å²) in [6.45, 7) is 0.491. The summed E-state index contributed by atoms with van der Waals surface area (Å²) in [4.78, 5) is 0. The van der Waals surface area contributed by atoms with Crippen LogP contribution in [0.2, 0.25) is 5.02 Å². The highest BCUT2D eigenvalue weighted by molar-refractivity contribution is 9.10. The van der Waals surface area contributed by atoms with Crippen LogP contribution in [0.4, 0.5) is 4.39 Å². The predicted octanol–water partition coefficient (Wildman–Crippen LogP) is 4.54. The van der Waals surface area contributed by atoms with Gasteiger partial charge in [0.15, 0.2) is 0 Å². The van der Waals surface area contributed by atoms with Crippen molar-refractivity contribution in [2.45, 2.75) is 6.42 Å². The fraction of sp³-hybridized carbons (Fsp3) is 0.143. The molecule has 2 aromatic rings. The highest BCUT2D eigenvalue weighted by Crippen LogP contribution is 2.30. The smallest absolute Gasteiger partial charge is 0.141 e. The molecule has 0 amide bonds. The summed E-state index contributed by atoms with van der Waals surface area (Å²) in [6, 6.07) is 9.90. The second-order valence-corrected chi connectivity index (χ2v) is 5.26. The molecule has 0 fully saturated rings. The average molecular weight is 345 g/mol. The zero-order valence-corrected chi connectivity index (χ0v) is 12.3. The molecule has 0 unspecified atom stereocenters. The fourth-order valence-electron chi connectivity index (χ4n) is 1.67. The van der Waals surface area contributed by atoms with Crippen LogP contribution >= 0.6 is 27.5 Å². The SMILES string of the molecule is NCCc1cc(Cl)ccc1Oc1ccc(Br)c(F)c1. The minimum Gasteiger partial charge on any atom is -0.457 e. The van der Waals surface area contributed by atoms with Gasteiger partial charge in [-0.25, -0.2) is 4.39 Å². The Morgan fingerprint density at radius 3 is 2.68 bits per heavy atom. The zero-order chi connectivity index (χ0) is 13.8. The van der Waals surface area contributed by atoms with E-state index in [1.54, 1.807) is 30.3 Å². The van der Waals surface area contributed by atoms with Crippen LogP contribution in [0.3, 0.4) is 0 Å². The summed E-state index contributed by atoms with van der Waals surface area (Å²) in [5.74, 6) is 0.699. The molecule has 0 saturated heterocycles. The van der Waals surface area contributed by atoms with E-state index in [2.05, 4.69) is 15.9 Å². The largest absolute Gasteiger partial charge is 0.457 e. The normalized spacial score (nSPS) is 10.5. The molecule has 2 N–H and O–H groups in total. The van der Waals surface area contributed by atoms with Crippen LogP contribution in [-0.4, -0.2) is 6.54 Å². The Morgan fingerprint density at radius 2 is 2.00 bits per heavy atom. The minimum absolute atomic E-state index is 0.369. The van der Waals surface area contributed by atoms with Crippen molar-refractivity contribution in [3.05, 3.63) is 57.3 Å². The third-order valence-electron chi connectivity index (χ3n) is 2.56. The topological polar surface area (TPSA) is 35.2 Å². The number of nitrogens with two attached hydrogens (primary N) is 1. The molecule has 0 heterocycles. The molecule has 0 aliphatic rings. The molecule has 0 aromatic heterocycles. The summed E-state index contributed by atoms with van der Waals surface area (Å²) < 4.78 is 19.5. The van der Waals surface area contributed by atoms with Crippen LogP contribution < -0.4 is 10.5 Å². The van der Waals surface area contributed by atoms with Crippen LogP contribution in [0.5, 0.6) is 11.5 Å². The maximum atomic E-state index is 13.4. The first-order valence-corrected chi connectivity index (χ1v) is 6.88. The molecule has 2 rings (SSSR count). The molecule has 2 aromatic carbocycles. The number of hydrogen-bond donors (Lipinski definition) is 1. The van der Waals surface area contributed by atoms with Gasteiger partial charge < -0.3 is 10.5 Å². The lowest BCUT2D eigenvalue weighted by molar-refractivity contribution is 0.470. The van der Waals surface area contributed by atoms with Gasteiger partial charge in [0.25, 0.3) is 0 Å². The van der Waals surface area contributed by atoms with Crippen molar-refractivity contribution in [2.75, 3.05) is 6.54 Å². The van der Waals surface area contributed by atoms with Gasteiger partial charge in [0.2, 0.25) is 0 Å². The highest BCUT2D eigenvalue weighted by Gasteiger charge is 2.07. The second kappa shape index (κ2) is 6.37. The fourth-order valence-corrected chi connectivity index (χ4v) is 2.11. The van der Waals surface area contributed by atoms with Gasteiger partial charge in [0.05, 0.1) is 4.47 Å². The van der Waals surface area contributed by atoms with Crippen molar-refractivity contribution in [2.24, 2.45) is 5.73 Å². The number of rotatable bonds is 4. The summed E-state index contributed by atoms with van der Waals surface area (Å²) in [5, 5.41) is 0.623. The first-order valence-electron chi connectivity index (χ1n) is 5.71. The van der Waals surface area contributed by atoms with Gasteiger partial charge in [0.1, 0.15) is 17.3 Å². The molecular weight excluding hydrogens is 333 g/mol. The number of benzene rings is 2. The van der Waals surface area contributed by atoms with Gasteiger partial charge in [-0.1, -0.05) is 11.6 Å². The van der Waals surface area contributed by atoms with Crippen LogP contribution in [0, 0.1) is 5.82 Å². The highest BCUT2D eigenvalue weighted by atomic mass is 79.9. The number of hydrogen-bond acceptors (Lipinski definition) is 2. The number of halogens is 3. The Balaban J connectivity index is 2.29. The van der Waals surface area contributed by atoms with E-state index in [1.807, 2.05) is 0 Å². The lowest BCUT2D eigenvalue weighted by Gasteiger charge is -2.11.